The van der Waals surface area contributed by atoms with Crippen LogP contribution in [0.15, 0.2) is 103 Å². The number of hydrogen-bond acceptors (Lipinski definition) is 3. The van der Waals surface area contributed by atoms with Gasteiger partial charge in [0.05, 0.1) is 0 Å². The number of ether oxygens (including phenoxy) is 1. The van der Waals surface area contributed by atoms with E-state index in [1.807, 2.05) is 58.0 Å². The first-order valence-electron chi connectivity index (χ1n) is 12.0. The summed E-state index contributed by atoms with van der Waals surface area (Å²) in [7, 11) is 2.90. The van der Waals surface area contributed by atoms with Crippen LogP contribution in [0.25, 0.3) is 16.9 Å². The molecule has 0 fully saturated rings. The van der Waals surface area contributed by atoms with E-state index in [4.69, 9.17) is 4.74 Å². The lowest BCUT2D eigenvalue weighted by Gasteiger charge is -2.10. The van der Waals surface area contributed by atoms with E-state index in [0.717, 1.165) is 28.7 Å². The molecule has 0 aliphatic rings. The number of aliphatic imine (C=N–C) groups is 2. The van der Waals surface area contributed by atoms with Gasteiger partial charge in [0.15, 0.2) is 0 Å². The second-order valence-electron chi connectivity index (χ2n) is 7.18. The van der Waals surface area contributed by atoms with Gasteiger partial charge in [-0.2, -0.15) is 8.78 Å². The molecular formula is C32H42F2N2O. The number of allylic oxidation sites excluding steroid dienone is 5. The fraction of sp³-hybridized carbons (Fsp3) is 0.250. The molecule has 5 heteroatoms. The molecular weight excluding hydrogens is 466 g/mol. The SMILES string of the molecule is C=C(OC(=NC)C(F)F)c1ccc(CC)cc1.C=C/C=C(\C=C)c1cccc(C(=C)C)c1.C=NC.CC. The van der Waals surface area contributed by atoms with Crippen LogP contribution in [0.4, 0.5) is 8.78 Å². The van der Waals surface area contributed by atoms with Gasteiger partial charge in [-0.3, -0.25) is 4.99 Å². The first-order valence-corrected chi connectivity index (χ1v) is 12.0. The standard InChI is InChI=1S/C15H16.C13H15F2NO.C2H5N.C2H6/c1-5-8-13(6-2)15-10-7-9-14(11-15)12(3)4;1-4-10-5-7-11(8-6-10)9(2)17-13(16-3)12(14)15;1-3-2;1-2/h5-11H,1-3H2,4H3;5-8,12H,2,4H2,1,3H3;1H2,2H3;1-2H3/b13-8+;;;. The average molecular weight is 509 g/mol. The van der Waals surface area contributed by atoms with E-state index in [2.05, 4.69) is 61.2 Å². The zero-order chi connectivity index (χ0) is 28.8. The number of benzene rings is 2. The Labute approximate surface area is 223 Å². The van der Waals surface area contributed by atoms with E-state index in [-0.39, 0.29) is 5.76 Å². The summed E-state index contributed by atoms with van der Waals surface area (Å²) < 4.78 is 29.7. The summed E-state index contributed by atoms with van der Waals surface area (Å²) in [5, 5.41) is 0. The summed E-state index contributed by atoms with van der Waals surface area (Å²) in [5.41, 5.74) is 6.28. The van der Waals surface area contributed by atoms with Gasteiger partial charge in [-0.25, -0.2) is 0 Å². The normalized spacial score (nSPS) is 10.3. The van der Waals surface area contributed by atoms with E-state index < -0.39 is 12.3 Å². The lowest BCUT2D eigenvalue weighted by molar-refractivity contribution is 0.196. The van der Waals surface area contributed by atoms with Crippen LogP contribution in [0.3, 0.4) is 0 Å². The van der Waals surface area contributed by atoms with Gasteiger partial charge in [0.2, 0.25) is 0 Å². The topological polar surface area (TPSA) is 34.0 Å². The van der Waals surface area contributed by atoms with Crippen LogP contribution in [-0.4, -0.2) is 33.1 Å². The van der Waals surface area contributed by atoms with Crippen molar-refractivity contribution in [3.63, 3.8) is 0 Å². The zero-order valence-electron chi connectivity index (χ0n) is 23.2. The first-order chi connectivity index (χ1) is 17.7. The zero-order valence-corrected chi connectivity index (χ0v) is 23.2. The first kappa shape index (κ1) is 35.3. The Hall–Kier alpha value is -3.86. The van der Waals surface area contributed by atoms with Gasteiger partial charge in [-0.1, -0.05) is 113 Å². The van der Waals surface area contributed by atoms with E-state index in [1.54, 1.807) is 25.3 Å². The Balaban J connectivity index is 0. The fourth-order valence-corrected chi connectivity index (χ4v) is 2.67. The summed E-state index contributed by atoms with van der Waals surface area (Å²) in [6, 6.07) is 15.7. The molecule has 0 N–H and O–H groups in total. The summed E-state index contributed by atoms with van der Waals surface area (Å²) >= 11 is 0. The number of rotatable bonds is 8. The highest BCUT2D eigenvalue weighted by Gasteiger charge is 2.16. The highest BCUT2D eigenvalue weighted by atomic mass is 19.3. The molecule has 37 heavy (non-hydrogen) atoms. The maximum Gasteiger partial charge on any atom is 0.312 e. The van der Waals surface area contributed by atoms with Gasteiger partial charge < -0.3 is 9.73 Å². The molecule has 2 aromatic carbocycles. The molecule has 0 aromatic heterocycles. The molecule has 0 aliphatic heterocycles. The van der Waals surface area contributed by atoms with Crippen molar-refractivity contribution in [3.05, 3.63) is 115 Å². The van der Waals surface area contributed by atoms with Gasteiger partial charge in [0.1, 0.15) is 5.76 Å². The maximum atomic E-state index is 12.4. The van der Waals surface area contributed by atoms with Crippen LogP contribution >= 0.6 is 0 Å². The number of nitrogens with zero attached hydrogens (tertiary/aromatic N) is 2. The van der Waals surface area contributed by atoms with Crippen molar-refractivity contribution in [1.29, 1.82) is 0 Å². The van der Waals surface area contributed by atoms with Gasteiger partial charge in [-0.05, 0) is 48.4 Å². The molecule has 0 saturated carbocycles. The average Bonchev–Trinajstić information content (AvgIpc) is 2.92. The van der Waals surface area contributed by atoms with Crippen LogP contribution in [0.2, 0.25) is 0 Å². The number of alkyl halides is 2. The third-order valence-electron chi connectivity index (χ3n) is 4.53. The van der Waals surface area contributed by atoms with Crippen molar-refractivity contribution in [3.8, 4) is 0 Å². The Bertz CT molecular complexity index is 1050. The largest absolute Gasteiger partial charge is 0.438 e. The van der Waals surface area contributed by atoms with Crippen molar-refractivity contribution in [2.45, 2.75) is 40.5 Å². The molecule has 2 aromatic rings. The van der Waals surface area contributed by atoms with Crippen molar-refractivity contribution in [1.82, 2.24) is 0 Å². The maximum absolute atomic E-state index is 12.4. The van der Waals surface area contributed by atoms with E-state index in [1.165, 1.54) is 12.6 Å². The quantitative estimate of drug-likeness (QED) is 0.151. The highest BCUT2D eigenvalue weighted by molar-refractivity contribution is 5.84. The molecule has 2 rings (SSSR count). The molecule has 0 aliphatic carbocycles. The minimum absolute atomic E-state index is 0.175. The van der Waals surface area contributed by atoms with Gasteiger partial charge in [-0.15, -0.1) is 0 Å². The molecule has 0 amide bonds. The minimum atomic E-state index is -2.73. The Morgan fingerprint density at radius 3 is 1.92 bits per heavy atom. The van der Waals surface area contributed by atoms with Crippen molar-refractivity contribution in [2.24, 2.45) is 9.98 Å². The van der Waals surface area contributed by atoms with Gasteiger partial charge >= 0.3 is 6.43 Å². The van der Waals surface area contributed by atoms with E-state index in [9.17, 15) is 8.78 Å². The van der Waals surface area contributed by atoms with Crippen LogP contribution < -0.4 is 0 Å². The molecule has 0 atom stereocenters. The van der Waals surface area contributed by atoms with E-state index >= 15 is 0 Å². The number of aryl methyl sites for hydroxylation is 1. The molecule has 0 unspecified atom stereocenters. The predicted molar refractivity (Wildman–Crippen MR) is 162 cm³/mol. The Kier molecular flexibility index (Phi) is 20.4. The molecule has 200 valence electrons. The molecule has 0 saturated heterocycles. The van der Waals surface area contributed by atoms with Crippen LogP contribution in [-0.2, 0) is 11.2 Å². The predicted octanol–water partition coefficient (Wildman–Crippen LogP) is 9.35. The highest BCUT2D eigenvalue weighted by Crippen LogP contribution is 2.20. The van der Waals surface area contributed by atoms with Crippen LogP contribution in [0, 0.1) is 0 Å². The molecule has 0 radical (unpaired) electrons. The molecule has 0 bridgehead atoms. The lowest BCUT2D eigenvalue weighted by Crippen LogP contribution is -2.13. The van der Waals surface area contributed by atoms with Crippen molar-refractivity contribution < 1.29 is 13.5 Å². The number of halogens is 2. The minimum Gasteiger partial charge on any atom is -0.438 e. The van der Waals surface area contributed by atoms with Gasteiger partial charge in [0, 0.05) is 19.7 Å². The second kappa shape index (κ2) is 21.4. The van der Waals surface area contributed by atoms with Crippen LogP contribution in [0.5, 0.6) is 0 Å². The van der Waals surface area contributed by atoms with Crippen LogP contribution in [0.1, 0.15) is 49.9 Å². The molecule has 0 heterocycles. The monoisotopic (exact) mass is 508 g/mol. The number of hydrogen-bond donors (Lipinski definition) is 0. The summed E-state index contributed by atoms with van der Waals surface area (Å²) in [6.07, 6.45) is 3.74. The Morgan fingerprint density at radius 2 is 1.51 bits per heavy atom. The van der Waals surface area contributed by atoms with Gasteiger partial charge in [0.25, 0.3) is 5.90 Å². The Morgan fingerprint density at radius 1 is 0.973 bits per heavy atom. The van der Waals surface area contributed by atoms with Crippen molar-refractivity contribution >= 4 is 29.5 Å². The third kappa shape index (κ3) is 14.3. The lowest BCUT2D eigenvalue weighted by atomic mass is 10.0. The summed E-state index contributed by atoms with van der Waals surface area (Å²) in [6.45, 7) is 26.2. The van der Waals surface area contributed by atoms with Crippen molar-refractivity contribution in [2.75, 3.05) is 14.1 Å². The molecule has 3 nitrogen and oxygen atoms in total. The van der Waals surface area contributed by atoms with E-state index in [0.29, 0.717) is 5.56 Å². The second-order valence-corrected chi connectivity index (χ2v) is 7.18. The summed E-state index contributed by atoms with van der Waals surface area (Å²) in [5.74, 6) is -0.442. The molecule has 0 spiro atoms. The smallest absolute Gasteiger partial charge is 0.312 e. The summed E-state index contributed by atoms with van der Waals surface area (Å²) in [4.78, 5) is 6.62. The third-order valence-corrected chi connectivity index (χ3v) is 4.53. The fourth-order valence-electron chi connectivity index (χ4n) is 2.67.